The first-order valence-corrected chi connectivity index (χ1v) is 7.35. The molecule has 5 heteroatoms. The fraction of sp³-hybridized carbons (Fsp3) is 0.733. The second-order valence-corrected chi connectivity index (χ2v) is 5.95. The summed E-state index contributed by atoms with van der Waals surface area (Å²) in [6.07, 6.45) is 4.63. The van der Waals surface area contributed by atoms with Crippen LogP contribution in [0, 0.1) is 11.3 Å². The van der Waals surface area contributed by atoms with Crippen LogP contribution < -0.4 is 0 Å². The van der Waals surface area contributed by atoms with E-state index in [-0.39, 0.29) is 17.3 Å². The maximum absolute atomic E-state index is 12.4. The number of nitrogens with zero attached hydrogens (tertiary/aromatic N) is 3. The summed E-state index contributed by atoms with van der Waals surface area (Å²) in [4.78, 5) is 19.0. The minimum Gasteiger partial charge on any atom is -0.466 e. The van der Waals surface area contributed by atoms with Crippen LogP contribution in [-0.4, -0.2) is 40.1 Å². The molecule has 0 spiro atoms. The highest BCUT2D eigenvalue weighted by atomic mass is 16.5. The molecule has 0 saturated carbocycles. The summed E-state index contributed by atoms with van der Waals surface area (Å²) in [5, 5.41) is 0. The predicted octanol–water partition coefficient (Wildman–Crippen LogP) is 1.83. The Morgan fingerprint density at radius 1 is 1.55 bits per heavy atom. The van der Waals surface area contributed by atoms with Gasteiger partial charge in [-0.05, 0) is 25.8 Å². The molecule has 1 unspecified atom stereocenters. The highest BCUT2D eigenvalue weighted by Gasteiger charge is 2.48. The fourth-order valence-electron chi connectivity index (χ4n) is 2.95. The Bertz CT molecular complexity index is 469. The first kappa shape index (κ1) is 15.0. The number of imidazole rings is 1. The van der Waals surface area contributed by atoms with E-state index in [2.05, 4.69) is 23.7 Å². The zero-order valence-corrected chi connectivity index (χ0v) is 12.9. The van der Waals surface area contributed by atoms with E-state index < -0.39 is 0 Å². The van der Waals surface area contributed by atoms with E-state index in [0.717, 1.165) is 31.9 Å². The summed E-state index contributed by atoms with van der Waals surface area (Å²) in [7, 11) is 2.00. The zero-order chi connectivity index (χ0) is 14.8. The second kappa shape index (κ2) is 5.95. The van der Waals surface area contributed by atoms with Crippen molar-refractivity contribution in [2.75, 3.05) is 19.7 Å². The van der Waals surface area contributed by atoms with Gasteiger partial charge in [-0.2, -0.15) is 0 Å². The molecule has 1 aliphatic rings. The van der Waals surface area contributed by atoms with Crippen LogP contribution in [0.5, 0.6) is 0 Å². The molecule has 0 aromatic carbocycles. The Morgan fingerprint density at radius 2 is 2.30 bits per heavy atom. The van der Waals surface area contributed by atoms with Crippen molar-refractivity contribution >= 4 is 5.97 Å². The lowest BCUT2D eigenvalue weighted by Crippen LogP contribution is -2.40. The lowest BCUT2D eigenvalue weighted by molar-refractivity contribution is -0.157. The van der Waals surface area contributed by atoms with E-state index in [0.29, 0.717) is 6.61 Å². The van der Waals surface area contributed by atoms with Crippen LogP contribution in [0.25, 0.3) is 0 Å². The van der Waals surface area contributed by atoms with Gasteiger partial charge in [0.2, 0.25) is 0 Å². The lowest BCUT2D eigenvalue weighted by Gasteiger charge is -2.31. The monoisotopic (exact) mass is 279 g/mol. The molecule has 5 nitrogen and oxygen atoms in total. The van der Waals surface area contributed by atoms with Crippen molar-refractivity contribution in [3.05, 3.63) is 18.2 Å². The van der Waals surface area contributed by atoms with Gasteiger partial charge in [-0.25, -0.2) is 4.98 Å². The number of carbonyl (C=O) groups is 1. The van der Waals surface area contributed by atoms with Gasteiger partial charge in [0, 0.05) is 26.0 Å². The van der Waals surface area contributed by atoms with Crippen molar-refractivity contribution in [1.82, 2.24) is 14.5 Å². The second-order valence-electron chi connectivity index (χ2n) is 5.95. The quantitative estimate of drug-likeness (QED) is 0.772. The highest BCUT2D eigenvalue weighted by Crippen LogP contribution is 2.39. The third kappa shape index (κ3) is 2.73. The summed E-state index contributed by atoms with van der Waals surface area (Å²) in [6, 6.07) is 0. The van der Waals surface area contributed by atoms with Gasteiger partial charge >= 0.3 is 5.97 Å². The topological polar surface area (TPSA) is 47.4 Å². The van der Waals surface area contributed by atoms with Crippen LogP contribution in [-0.2, 0) is 23.1 Å². The van der Waals surface area contributed by atoms with Crippen molar-refractivity contribution in [2.45, 2.75) is 33.7 Å². The molecule has 112 valence electrons. The first-order chi connectivity index (χ1) is 9.49. The minimum atomic E-state index is -0.360. The van der Waals surface area contributed by atoms with Crippen LogP contribution >= 0.6 is 0 Å². The number of hydrogen-bond donors (Lipinski definition) is 0. The molecule has 1 aliphatic heterocycles. The van der Waals surface area contributed by atoms with E-state index in [9.17, 15) is 4.79 Å². The minimum absolute atomic E-state index is 0.0441. The van der Waals surface area contributed by atoms with Gasteiger partial charge in [0.15, 0.2) is 0 Å². The zero-order valence-electron chi connectivity index (χ0n) is 12.9. The molecule has 0 aliphatic carbocycles. The lowest BCUT2D eigenvalue weighted by atomic mass is 9.76. The number of ether oxygens (including phenoxy) is 1. The summed E-state index contributed by atoms with van der Waals surface area (Å²) in [6.45, 7) is 9.01. The van der Waals surface area contributed by atoms with Crippen LogP contribution in [0.3, 0.4) is 0 Å². The van der Waals surface area contributed by atoms with Gasteiger partial charge in [0.05, 0.1) is 18.6 Å². The molecule has 1 saturated heterocycles. The van der Waals surface area contributed by atoms with Crippen molar-refractivity contribution in [1.29, 1.82) is 0 Å². The van der Waals surface area contributed by atoms with E-state index in [1.54, 1.807) is 0 Å². The number of esters is 1. The molecule has 2 rings (SSSR count). The summed E-state index contributed by atoms with van der Waals surface area (Å²) >= 11 is 0. The average Bonchev–Trinajstić information content (AvgIpc) is 2.99. The van der Waals surface area contributed by atoms with Crippen LogP contribution in [0.15, 0.2) is 12.4 Å². The largest absolute Gasteiger partial charge is 0.466 e. The van der Waals surface area contributed by atoms with Gasteiger partial charge in [-0.1, -0.05) is 13.8 Å². The number of likely N-dealkylation sites (tertiary alicyclic amines) is 1. The molecule has 1 atom stereocenters. The molecular formula is C15H25N3O2. The molecule has 0 radical (unpaired) electrons. The molecule has 0 bridgehead atoms. The van der Waals surface area contributed by atoms with Crippen molar-refractivity contribution in [2.24, 2.45) is 18.4 Å². The number of aromatic nitrogens is 2. The third-order valence-electron chi connectivity index (χ3n) is 4.45. The molecule has 1 aromatic rings. The SMILES string of the molecule is CCOC(=O)C1(C(C)C)CCN(Cc2nccn2C)C1. The molecule has 1 fully saturated rings. The molecule has 1 aromatic heterocycles. The third-order valence-corrected chi connectivity index (χ3v) is 4.45. The average molecular weight is 279 g/mol. The van der Waals surface area contributed by atoms with Gasteiger partial charge in [-0.3, -0.25) is 9.69 Å². The van der Waals surface area contributed by atoms with Crippen molar-refractivity contribution < 1.29 is 9.53 Å². The first-order valence-electron chi connectivity index (χ1n) is 7.35. The standard InChI is InChI=1S/C15H25N3O2/c1-5-20-14(19)15(12(2)3)6-8-18(11-15)10-13-16-7-9-17(13)4/h7,9,12H,5-6,8,10-11H2,1-4H3. The van der Waals surface area contributed by atoms with Crippen molar-refractivity contribution in [3.63, 3.8) is 0 Å². The summed E-state index contributed by atoms with van der Waals surface area (Å²) < 4.78 is 7.34. The van der Waals surface area contributed by atoms with Gasteiger partial charge in [0.25, 0.3) is 0 Å². The molecular weight excluding hydrogens is 254 g/mol. The summed E-state index contributed by atoms with van der Waals surface area (Å²) in [5.74, 6) is 1.28. The van der Waals surface area contributed by atoms with Crippen LogP contribution in [0.4, 0.5) is 0 Å². The Kier molecular flexibility index (Phi) is 4.48. The number of aryl methyl sites for hydroxylation is 1. The van der Waals surface area contributed by atoms with E-state index in [1.165, 1.54) is 0 Å². The Hall–Kier alpha value is -1.36. The molecule has 0 N–H and O–H groups in total. The Labute approximate surface area is 120 Å². The Balaban J connectivity index is 2.08. The van der Waals surface area contributed by atoms with Gasteiger partial charge < -0.3 is 9.30 Å². The smallest absolute Gasteiger partial charge is 0.313 e. The predicted molar refractivity (Wildman–Crippen MR) is 77.0 cm³/mol. The van der Waals surface area contributed by atoms with E-state index in [4.69, 9.17) is 4.74 Å². The summed E-state index contributed by atoms with van der Waals surface area (Å²) in [5.41, 5.74) is -0.360. The van der Waals surface area contributed by atoms with Crippen molar-refractivity contribution in [3.8, 4) is 0 Å². The van der Waals surface area contributed by atoms with E-state index in [1.807, 2.05) is 30.9 Å². The number of hydrogen-bond acceptors (Lipinski definition) is 4. The highest BCUT2D eigenvalue weighted by molar-refractivity contribution is 5.78. The molecule has 20 heavy (non-hydrogen) atoms. The maximum atomic E-state index is 12.4. The fourth-order valence-corrected chi connectivity index (χ4v) is 2.95. The number of rotatable bonds is 5. The van der Waals surface area contributed by atoms with Gasteiger partial charge in [0.1, 0.15) is 5.82 Å². The van der Waals surface area contributed by atoms with E-state index >= 15 is 0 Å². The molecule has 0 amide bonds. The van der Waals surface area contributed by atoms with Crippen LogP contribution in [0.1, 0.15) is 33.0 Å². The molecule has 2 heterocycles. The normalized spacial score (nSPS) is 23.4. The van der Waals surface area contributed by atoms with Crippen LogP contribution in [0.2, 0.25) is 0 Å². The number of carbonyl (C=O) groups excluding carboxylic acids is 1. The van der Waals surface area contributed by atoms with Gasteiger partial charge in [-0.15, -0.1) is 0 Å². The Morgan fingerprint density at radius 3 is 2.85 bits per heavy atom. The maximum Gasteiger partial charge on any atom is 0.313 e.